The lowest BCUT2D eigenvalue weighted by Gasteiger charge is -2.19. The van der Waals surface area contributed by atoms with E-state index in [1.165, 1.54) is 23.1 Å². The summed E-state index contributed by atoms with van der Waals surface area (Å²) < 4.78 is 51.7. The fourth-order valence-corrected chi connectivity index (χ4v) is 2.95. The molecule has 7 heteroatoms. The topological polar surface area (TPSA) is 49.4 Å². The number of sulfonamides is 1. The van der Waals surface area contributed by atoms with E-state index in [9.17, 15) is 17.2 Å². The molecule has 1 fully saturated rings. The normalized spacial score (nSPS) is 20.4. The molecular formula is C11H14F2N2O2S. The molecule has 0 aromatic heterocycles. The molecule has 1 aliphatic heterocycles. The van der Waals surface area contributed by atoms with Gasteiger partial charge in [0, 0.05) is 19.1 Å². The Morgan fingerprint density at radius 2 is 1.94 bits per heavy atom. The molecule has 1 aromatic carbocycles. The molecule has 100 valence electrons. The highest BCUT2D eigenvalue weighted by molar-refractivity contribution is 7.88. The highest BCUT2D eigenvalue weighted by Crippen LogP contribution is 2.26. The highest BCUT2D eigenvalue weighted by Gasteiger charge is 2.28. The van der Waals surface area contributed by atoms with Crippen molar-refractivity contribution < 1.29 is 17.2 Å². The summed E-state index contributed by atoms with van der Waals surface area (Å²) in [5.41, 5.74) is -0.0877. The van der Waals surface area contributed by atoms with Crippen molar-refractivity contribution in [2.24, 2.45) is 0 Å². The van der Waals surface area contributed by atoms with E-state index in [0.717, 1.165) is 6.26 Å². The van der Waals surface area contributed by atoms with E-state index in [2.05, 4.69) is 4.72 Å². The molecule has 2 rings (SSSR count). The van der Waals surface area contributed by atoms with Gasteiger partial charge >= 0.3 is 0 Å². The Morgan fingerprint density at radius 3 is 2.50 bits per heavy atom. The van der Waals surface area contributed by atoms with E-state index in [0.29, 0.717) is 13.0 Å². The molecule has 1 unspecified atom stereocenters. The predicted octanol–water partition coefficient (Wildman–Crippen LogP) is 1.09. The second-order valence-corrected chi connectivity index (χ2v) is 6.17. The maximum absolute atomic E-state index is 13.5. The zero-order valence-electron chi connectivity index (χ0n) is 9.86. The molecule has 1 saturated heterocycles. The van der Waals surface area contributed by atoms with E-state index in [-0.39, 0.29) is 18.3 Å². The quantitative estimate of drug-likeness (QED) is 0.899. The summed E-state index contributed by atoms with van der Waals surface area (Å²) in [6, 6.07) is 3.38. The van der Waals surface area contributed by atoms with E-state index in [1.54, 1.807) is 0 Å². The summed E-state index contributed by atoms with van der Waals surface area (Å²) in [4.78, 5) is 1.52. The van der Waals surface area contributed by atoms with Crippen molar-refractivity contribution in [1.29, 1.82) is 0 Å². The van der Waals surface area contributed by atoms with Gasteiger partial charge in [-0.25, -0.2) is 21.9 Å². The third kappa shape index (κ3) is 2.97. The van der Waals surface area contributed by atoms with Crippen LogP contribution in [-0.2, 0) is 10.0 Å². The van der Waals surface area contributed by atoms with Gasteiger partial charge in [0.15, 0.2) is 0 Å². The van der Waals surface area contributed by atoms with Gasteiger partial charge in [-0.05, 0) is 18.6 Å². The second-order valence-electron chi connectivity index (χ2n) is 4.39. The number of anilines is 1. The van der Waals surface area contributed by atoms with Gasteiger partial charge in [-0.3, -0.25) is 0 Å². The number of hydrogen-bond acceptors (Lipinski definition) is 3. The lowest BCUT2D eigenvalue weighted by atomic mass is 10.2. The summed E-state index contributed by atoms with van der Waals surface area (Å²) in [6.07, 6.45) is 1.60. The van der Waals surface area contributed by atoms with Crippen LogP contribution < -0.4 is 9.62 Å². The first-order chi connectivity index (χ1) is 8.37. The molecule has 1 atom stereocenters. The SMILES string of the molecule is CS(=O)(=O)NC1CCN(c2c(F)cccc2F)C1. The molecule has 4 nitrogen and oxygen atoms in total. The molecule has 1 aliphatic rings. The van der Waals surface area contributed by atoms with Gasteiger partial charge < -0.3 is 4.90 Å². The van der Waals surface area contributed by atoms with Crippen LogP contribution in [0.1, 0.15) is 6.42 Å². The minimum Gasteiger partial charge on any atom is -0.365 e. The molecule has 0 spiro atoms. The summed E-state index contributed by atoms with van der Waals surface area (Å²) in [5.74, 6) is -1.26. The zero-order chi connectivity index (χ0) is 13.3. The first kappa shape index (κ1) is 13.2. The number of nitrogens with zero attached hydrogens (tertiary/aromatic N) is 1. The lowest BCUT2D eigenvalue weighted by Crippen LogP contribution is -2.36. The van der Waals surface area contributed by atoms with Crippen LogP contribution in [-0.4, -0.2) is 33.8 Å². The maximum Gasteiger partial charge on any atom is 0.209 e. The molecule has 0 saturated carbocycles. The molecular weight excluding hydrogens is 262 g/mol. The minimum atomic E-state index is -3.30. The third-order valence-electron chi connectivity index (χ3n) is 2.82. The predicted molar refractivity (Wildman–Crippen MR) is 65.0 cm³/mol. The standard InChI is InChI=1S/C11H14F2N2O2S/c1-18(16,17)14-8-5-6-15(7-8)11-9(12)3-2-4-10(11)13/h2-4,8,14H,5-7H2,1H3. The van der Waals surface area contributed by atoms with Crippen LogP contribution in [0.15, 0.2) is 18.2 Å². The molecule has 1 heterocycles. The van der Waals surface area contributed by atoms with Crippen LogP contribution in [0, 0.1) is 11.6 Å². The largest absolute Gasteiger partial charge is 0.365 e. The van der Waals surface area contributed by atoms with Crippen LogP contribution in [0.25, 0.3) is 0 Å². The van der Waals surface area contributed by atoms with Crippen molar-refractivity contribution in [3.8, 4) is 0 Å². The van der Waals surface area contributed by atoms with Crippen LogP contribution in [0.2, 0.25) is 0 Å². The molecule has 0 bridgehead atoms. The minimum absolute atomic E-state index is 0.0877. The average molecular weight is 276 g/mol. The first-order valence-corrected chi connectivity index (χ1v) is 7.42. The van der Waals surface area contributed by atoms with E-state index < -0.39 is 21.7 Å². The first-order valence-electron chi connectivity index (χ1n) is 5.53. The number of rotatable bonds is 3. The lowest BCUT2D eigenvalue weighted by molar-refractivity contribution is 0.565. The number of nitrogens with one attached hydrogen (secondary N) is 1. The van der Waals surface area contributed by atoms with Gasteiger partial charge in [-0.1, -0.05) is 6.07 Å². The molecule has 18 heavy (non-hydrogen) atoms. The molecule has 1 N–H and O–H groups in total. The molecule has 0 aliphatic carbocycles. The summed E-state index contributed by atoms with van der Waals surface area (Å²) in [7, 11) is -3.30. The van der Waals surface area contributed by atoms with Gasteiger partial charge in [0.25, 0.3) is 0 Å². The molecule has 0 radical (unpaired) electrons. The Bertz CT molecular complexity index is 528. The average Bonchev–Trinajstić information content (AvgIpc) is 2.63. The second kappa shape index (κ2) is 4.81. The van der Waals surface area contributed by atoms with Gasteiger partial charge in [0.05, 0.1) is 6.26 Å². The van der Waals surface area contributed by atoms with Gasteiger partial charge in [0.2, 0.25) is 10.0 Å². The number of hydrogen-bond donors (Lipinski definition) is 1. The number of para-hydroxylation sites is 1. The molecule has 0 amide bonds. The number of benzene rings is 1. The van der Waals surface area contributed by atoms with Crippen molar-refractivity contribution in [2.45, 2.75) is 12.5 Å². The summed E-state index contributed by atoms with van der Waals surface area (Å²) in [5, 5.41) is 0. The zero-order valence-corrected chi connectivity index (χ0v) is 10.7. The van der Waals surface area contributed by atoms with E-state index in [4.69, 9.17) is 0 Å². The van der Waals surface area contributed by atoms with Crippen LogP contribution in [0.4, 0.5) is 14.5 Å². The van der Waals surface area contributed by atoms with Crippen LogP contribution >= 0.6 is 0 Å². The Morgan fingerprint density at radius 1 is 1.33 bits per heavy atom. The van der Waals surface area contributed by atoms with Gasteiger partial charge in [-0.15, -0.1) is 0 Å². The third-order valence-corrected chi connectivity index (χ3v) is 3.58. The van der Waals surface area contributed by atoms with Gasteiger partial charge in [0.1, 0.15) is 17.3 Å². The smallest absolute Gasteiger partial charge is 0.209 e. The van der Waals surface area contributed by atoms with E-state index in [1.807, 2.05) is 0 Å². The van der Waals surface area contributed by atoms with Crippen LogP contribution in [0.5, 0.6) is 0 Å². The Hall–Kier alpha value is -1.21. The summed E-state index contributed by atoms with van der Waals surface area (Å²) in [6.45, 7) is 0.690. The monoisotopic (exact) mass is 276 g/mol. The number of halogens is 2. The fourth-order valence-electron chi connectivity index (χ4n) is 2.15. The summed E-state index contributed by atoms with van der Waals surface area (Å²) >= 11 is 0. The Kier molecular flexibility index (Phi) is 3.54. The van der Waals surface area contributed by atoms with Crippen LogP contribution in [0.3, 0.4) is 0 Å². The van der Waals surface area contributed by atoms with Crippen molar-refractivity contribution in [2.75, 3.05) is 24.2 Å². The highest BCUT2D eigenvalue weighted by atomic mass is 32.2. The van der Waals surface area contributed by atoms with Crippen molar-refractivity contribution >= 4 is 15.7 Å². The Balaban J connectivity index is 2.14. The van der Waals surface area contributed by atoms with Crippen molar-refractivity contribution in [3.63, 3.8) is 0 Å². The molecule has 1 aromatic rings. The van der Waals surface area contributed by atoms with Crippen molar-refractivity contribution in [1.82, 2.24) is 4.72 Å². The van der Waals surface area contributed by atoms with Crippen molar-refractivity contribution in [3.05, 3.63) is 29.8 Å². The maximum atomic E-state index is 13.5. The Labute approximate surface area is 105 Å². The fraction of sp³-hybridized carbons (Fsp3) is 0.455. The van der Waals surface area contributed by atoms with E-state index >= 15 is 0 Å². The van der Waals surface area contributed by atoms with Gasteiger partial charge in [-0.2, -0.15) is 0 Å².